The average molecular weight is 318 g/mol. The number of benzene rings is 1. The molecule has 1 aromatic carbocycles. The summed E-state index contributed by atoms with van der Waals surface area (Å²) in [5, 5.41) is 5.67. The standard InChI is InChI=1S/C16H22N4O3/c1-11-9-19(10-12(2)23-11)16(22)18-13-4-3-5-14(8-13)20-7-6-17-15(20)21/h3-5,8,11-12H,6-7,9-10H2,1-2H3,(H,17,21)(H,18,22)/t11-,12-/m0/s1. The Hall–Kier alpha value is -2.28. The van der Waals surface area contributed by atoms with Crippen molar-refractivity contribution in [2.24, 2.45) is 0 Å². The van der Waals surface area contributed by atoms with Crippen molar-refractivity contribution in [3.05, 3.63) is 24.3 Å². The molecule has 3 rings (SSSR count). The third-order valence-corrected chi connectivity index (χ3v) is 3.97. The second kappa shape index (κ2) is 6.45. The van der Waals surface area contributed by atoms with E-state index in [0.29, 0.717) is 31.9 Å². The summed E-state index contributed by atoms with van der Waals surface area (Å²) in [7, 11) is 0. The highest BCUT2D eigenvalue weighted by Gasteiger charge is 2.26. The Morgan fingerprint density at radius 1 is 1.30 bits per heavy atom. The van der Waals surface area contributed by atoms with Crippen molar-refractivity contribution >= 4 is 23.4 Å². The number of carbonyl (C=O) groups excluding carboxylic acids is 2. The third-order valence-electron chi connectivity index (χ3n) is 3.97. The third kappa shape index (κ3) is 3.56. The lowest BCUT2D eigenvalue weighted by Crippen LogP contribution is -2.49. The summed E-state index contributed by atoms with van der Waals surface area (Å²) < 4.78 is 5.64. The minimum atomic E-state index is -0.143. The first-order chi connectivity index (χ1) is 11.0. The molecule has 2 saturated heterocycles. The lowest BCUT2D eigenvalue weighted by atomic mass is 10.2. The van der Waals surface area contributed by atoms with Crippen molar-refractivity contribution in [2.45, 2.75) is 26.1 Å². The molecule has 0 radical (unpaired) electrons. The Bertz CT molecular complexity index is 597. The molecule has 124 valence electrons. The van der Waals surface area contributed by atoms with Gasteiger partial charge in [-0.1, -0.05) is 6.07 Å². The van der Waals surface area contributed by atoms with Crippen molar-refractivity contribution < 1.29 is 14.3 Å². The lowest BCUT2D eigenvalue weighted by Gasteiger charge is -2.35. The van der Waals surface area contributed by atoms with Crippen molar-refractivity contribution in [1.82, 2.24) is 10.2 Å². The van der Waals surface area contributed by atoms with Crippen LogP contribution in [0.25, 0.3) is 0 Å². The zero-order chi connectivity index (χ0) is 16.4. The Labute approximate surface area is 135 Å². The number of amides is 4. The van der Waals surface area contributed by atoms with Crippen LogP contribution in [0.2, 0.25) is 0 Å². The van der Waals surface area contributed by atoms with Crippen LogP contribution >= 0.6 is 0 Å². The number of anilines is 2. The molecule has 2 aliphatic rings. The SMILES string of the molecule is C[C@H]1CN(C(=O)Nc2cccc(N3CCNC3=O)c2)C[C@H](C)O1. The van der Waals surface area contributed by atoms with Crippen LogP contribution in [0.5, 0.6) is 0 Å². The van der Waals surface area contributed by atoms with Gasteiger partial charge in [-0.15, -0.1) is 0 Å². The normalized spacial score (nSPS) is 24.5. The second-order valence-corrected chi connectivity index (χ2v) is 6.03. The van der Waals surface area contributed by atoms with E-state index in [2.05, 4.69) is 10.6 Å². The molecule has 0 bridgehead atoms. The van der Waals surface area contributed by atoms with E-state index in [-0.39, 0.29) is 24.3 Å². The van der Waals surface area contributed by atoms with Gasteiger partial charge >= 0.3 is 12.1 Å². The highest BCUT2D eigenvalue weighted by molar-refractivity contribution is 5.95. The first kappa shape index (κ1) is 15.6. The lowest BCUT2D eigenvalue weighted by molar-refractivity contribution is -0.0530. The van der Waals surface area contributed by atoms with Gasteiger partial charge in [0.15, 0.2) is 0 Å². The quantitative estimate of drug-likeness (QED) is 0.874. The first-order valence-corrected chi connectivity index (χ1v) is 7.90. The summed E-state index contributed by atoms with van der Waals surface area (Å²) in [6, 6.07) is 7.08. The maximum atomic E-state index is 12.4. The number of rotatable bonds is 2. The molecule has 0 unspecified atom stereocenters. The van der Waals surface area contributed by atoms with Crippen LogP contribution in [0.3, 0.4) is 0 Å². The Morgan fingerprint density at radius 3 is 2.70 bits per heavy atom. The van der Waals surface area contributed by atoms with Crippen molar-refractivity contribution in [1.29, 1.82) is 0 Å². The van der Waals surface area contributed by atoms with E-state index in [1.54, 1.807) is 9.80 Å². The highest BCUT2D eigenvalue weighted by Crippen LogP contribution is 2.21. The van der Waals surface area contributed by atoms with Crippen LogP contribution < -0.4 is 15.5 Å². The molecular weight excluding hydrogens is 296 g/mol. The molecule has 2 N–H and O–H groups in total. The average Bonchev–Trinajstić information content (AvgIpc) is 2.92. The number of urea groups is 2. The number of hydrogen-bond donors (Lipinski definition) is 2. The molecule has 2 atom stereocenters. The topological polar surface area (TPSA) is 73.9 Å². The fourth-order valence-electron chi connectivity index (χ4n) is 3.02. The number of morpholine rings is 1. The minimum Gasteiger partial charge on any atom is -0.372 e. The zero-order valence-corrected chi connectivity index (χ0v) is 13.4. The van der Waals surface area contributed by atoms with Gasteiger partial charge in [-0.2, -0.15) is 0 Å². The van der Waals surface area contributed by atoms with Gasteiger partial charge in [0.05, 0.1) is 12.2 Å². The van der Waals surface area contributed by atoms with Gasteiger partial charge in [-0.3, -0.25) is 4.90 Å². The van der Waals surface area contributed by atoms with Crippen LogP contribution in [0.1, 0.15) is 13.8 Å². The fraction of sp³-hybridized carbons (Fsp3) is 0.500. The summed E-state index contributed by atoms with van der Waals surface area (Å²) in [6.07, 6.45) is 0.0632. The molecule has 0 aromatic heterocycles. The van der Waals surface area contributed by atoms with E-state index in [0.717, 1.165) is 5.69 Å². The van der Waals surface area contributed by atoms with Gasteiger partial charge in [-0.05, 0) is 32.0 Å². The van der Waals surface area contributed by atoms with Gasteiger partial charge in [0.25, 0.3) is 0 Å². The predicted molar refractivity (Wildman–Crippen MR) is 87.8 cm³/mol. The summed E-state index contributed by atoms with van der Waals surface area (Å²) in [5.41, 5.74) is 1.46. The monoisotopic (exact) mass is 318 g/mol. The Morgan fingerprint density at radius 2 is 2.04 bits per heavy atom. The molecular formula is C16H22N4O3. The number of hydrogen-bond acceptors (Lipinski definition) is 3. The molecule has 0 saturated carbocycles. The molecule has 7 nitrogen and oxygen atoms in total. The highest BCUT2D eigenvalue weighted by atomic mass is 16.5. The van der Waals surface area contributed by atoms with E-state index in [4.69, 9.17) is 4.74 Å². The fourth-order valence-corrected chi connectivity index (χ4v) is 3.02. The molecule has 0 spiro atoms. The van der Waals surface area contributed by atoms with Crippen LogP contribution in [0.15, 0.2) is 24.3 Å². The molecule has 2 aliphatic heterocycles. The van der Waals surface area contributed by atoms with E-state index >= 15 is 0 Å². The van der Waals surface area contributed by atoms with Crippen molar-refractivity contribution in [2.75, 3.05) is 36.4 Å². The van der Waals surface area contributed by atoms with Gasteiger partial charge in [0.2, 0.25) is 0 Å². The van der Waals surface area contributed by atoms with E-state index < -0.39 is 0 Å². The van der Waals surface area contributed by atoms with Gasteiger partial charge < -0.3 is 20.3 Å². The first-order valence-electron chi connectivity index (χ1n) is 7.90. The predicted octanol–water partition coefficient (Wildman–Crippen LogP) is 1.86. The molecule has 4 amide bonds. The maximum Gasteiger partial charge on any atom is 0.322 e. The summed E-state index contributed by atoms with van der Waals surface area (Å²) in [4.78, 5) is 27.6. The van der Waals surface area contributed by atoms with Crippen LogP contribution in [-0.2, 0) is 4.74 Å². The maximum absolute atomic E-state index is 12.4. The van der Waals surface area contributed by atoms with E-state index in [1.807, 2.05) is 38.1 Å². The summed E-state index contributed by atoms with van der Waals surface area (Å²) >= 11 is 0. The molecule has 2 heterocycles. The van der Waals surface area contributed by atoms with Gasteiger partial charge in [0.1, 0.15) is 0 Å². The molecule has 7 heteroatoms. The van der Waals surface area contributed by atoms with Crippen molar-refractivity contribution in [3.8, 4) is 0 Å². The molecule has 23 heavy (non-hydrogen) atoms. The van der Waals surface area contributed by atoms with Crippen molar-refractivity contribution in [3.63, 3.8) is 0 Å². The van der Waals surface area contributed by atoms with Crippen LogP contribution in [0, 0.1) is 0 Å². The molecule has 0 aliphatic carbocycles. The van der Waals surface area contributed by atoms with E-state index in [1.165, 1.54) is 0 Å². The van der Waals surface area contributed by atoms with Crippen LogP contribution in [0.4, 0.5) is 21.0 Å². The Kier molecular flexibility index (Phi) is 4.38. The summed E-state index contributed by atoms with van der Waals surface area (Å²) in [6.45, 7) is 6.34. The smallest absolute Gasteiger partial charge is 0.322 e. The number of ether oxygens (including phenoxy) is 1. The molecule has 1 aromatic rings. The van der Waals surface area contributed by atoms with Crippen LogP contribution in [-0.4, -0.2) is 55.3 Å². The summed E-state index contributed by atoms with van der Waals surface area (Å²) in [5.74, 6) is 0. The Balaban J connectivity index is 1.68. The van der Waals surface area contributed by atoms with Gasteiger partial charge in [0, 0.05) is 37.6 Å². The largest absolute Gasteiger partial charge is 0.372 e. The number of nitrogens with zero attached hydrogens (tertiary/aromatic N) is 2. The van der Waals surface area contributed by atoms with Gasteiger partial charge in [-0.25, -0.2) is 9.59 Å². The number of nitrogens with one attached hydrogen (secondary N) is 2. The van der Waals surface area contributed by atoms with E-state index in [9.17, 15) is 9.59 Å². The zero-order valence-electron chi connectivity index (χ0n) is 13.4. The number of carbonyl (C=O) groups is 2. The second-order valence-electron chi connectivity index (χ2n) is 6.03. The minimum absolute atomic E-state index is 0.0316. The molecule has 2 fully saturated rings.